The molecule has 0 aromatic heterocycles. The van der Waals surface area contributed by atoms with Gasteiger partial charge in [-0.25, -0.2) is 0 Å². The fraction of sp³-hybridized carbons (Fsp3) is 1.00. The van der Waals surface area contributed by atoms with Crippen LogP contribution >= 0.6 is 0 Å². The third-order valence-electron chi connectivity index (χ3n) is 5.25. The van der Waals surface area contributed by atoms with Crippen molar-refractivity contribution in [2.45, 2.75) is 57.7 Å². The highest BCUT2D eigenvalue weighted by Crippen LogP contribution is 2.34. The molecule has 3 fully saturated rings. The third kappa shape index (κ3) is 2.59. The van der Waals surface area contributed by atoms with Gasteiger partial charge in [0, 0.05) is 37.8 Å². The molecule has 1 N–H and O–H groups in total. The van der Waals surface area contributed by atoms with Crippen molar-refractivity contribution in [1.29, 1.82) is 0 Å². The van der Waals surface area contributed by atoms with Crippen LogP contribution in [0.5, 0.6) is 0 Å². The lowest BCUT2D eigenvalue weighted by Gasteiger charge is -2.49. The third-order valence-corrected chi connectivity index (χ3v) is 5.25. The molecule has 104 valence electrons. The van der Waals surface area contributed by atoms with E-state index in [0.717, 1.165) is 18.0 Å². The van der Waals surface area contributed by atoms with Crippen LogP contribution in [0.2, 0.25) is 0 Å². The van der Waals surface area contributed by atoms with Gasteiger partial charge in [0.25, 0.3) is 0 Å². The van der Waals surface area contributed by atoms with Gasteiger partial charge in [-0.2, -0.15) is 0 Å². The first-order valence-corrected chi connectivity index (χ1v) is 7.95. The van der Waals surface area contributed by atoms with Crippen molar-refractivity contribution in [2.24, 2.45) is 5.92 Å². The molecule has 0 aromatic carbocycles. The van der Waals surface area contributed by atoms with Gasteiger partial charge in [-0.05, 0) is 44.7 Å². The van der Waals surface area contributed by atoms with Crippen molar-refractivity contribution in [3.63, 3.8) is 0 Å². The molecule has 1 aliphatic carbocycles. The summed E-state index contributed by atoms with van der Waals surface area (Å²) in [5.74, 6) is 0.917. The summed E-state index contributed by atoms with van der Waals surface area (Å²) in [5, 5.41) is 3.63. The van der Waals surface area contributed by atoms with Gasteiger partial charge < -0.3 is 5.32 Å². The quantitative estimate of drug-likeness (QED) is 0.818. The van der Waals surface area contributed by atoms with Crippen molar-refractivity contribution in [2.75, 3.05) is 32.7 Å². The van der Waals surface area contributed by atoms with E-state index in [0.29, 0.717) is 6.04 Å². The van der Waals surface area contributed by atoms with Crippen LogP contribution in [0.3, 0.4) is 0 Å². The van der Waals surface area contributed by atoms with E-state index in [-0.39, 0.29) is 0 Å². The SMILES string of the molecule is CC(C)NCC1CCC1N1CCN2CCCC2C1. The zero-order valence-corrected chi connectivity index (χ0v) is 12.1. The molecule has 0 amide bonds. The van der Waals surface area contributed by atoms with Crippen LogP contribution in [0, 0.1) is 5.92 Å². The van der Waals surface area contributed by atoms with Crippen LogP contribution in [-0.4, -0.2) is 60.6 Å². The Morgan fingerprint density at radius 2 is 1.89 bits per heavy atom. The number of piperazine rings is 1. The number of nitrogens with one attached hydrogen (secondary N) is 1. The van der Waals surface area contributed by atoms with Crippen molar-refractivity contribution < 1.29 is 0 Å². The number of hydrogen-bond donors (Lipinski definition) is 1. The van der Waals surface area contributed by atoms with E-state index >= 15 is 0 Å². The second-order valence-electron chi connectivity index (χ2n) is 6.79. The molecule has 3 heteroatoms. The molecule has 0 aromatic rings. The van der Waals surface area contributed by atoms with E-state index < -0.39 is 0 Å². The maximum Gasteiger partial charge on any atom is 0.0224 e. The summed E-state index contributed by atoms with van der Waals surface area (Å²) < 4.78 is 0. The predicted octanol–water partition coefficient (Wildman–Crippen LogP) is 1.54. The Bertz CT molecular complexity index is 279. The Balaban J connectivity index is 1.49. The molecule has 0 bridgehead atoms. The summed E-state index contributed by atoms with van der Waals surface area (Å²) in [6.07, 6.45) is 5.76. The molecule has 18 heavy (non-hydrogen) atoms. The van der Waals surface area contributed by atoms with Gasteiger partial charge in [0.15, 0.2) is 0 Å². The van der Waals surface area contributed by atoms with Gasteiger partial charge >= 0.3 is 0 Å². The highest BCUT2D eigenvalue weighted by atomic mass is 15.3. The van der Waals surface area contributed by atoms with Crippen molar-refractivity contribution in [1.82, 2.24) is 15.1 Å². The molecule has 3 nitrogen and oxygen atoms in total. The van der Waals surface area contributed by atoms with Crippen LogP contribution in [0.1, 0.15) is 39.5 Å². The van der Waals surface area contributed by atoms with Crippen LogP contribution in [0.4, 0.5) is 0 Å². The summed E-state index contributed by atoms with van der Waals surface area (Å²) in [6, 6.07) is 2.41. The summed E-state index contributed by atoms with van der Waals surface area (Å²) in [5.41, 5.74) is 0. The highest BCUT2D eigenvalue weighted by Gasteiger charge is 2.39. The summed E-state index contributed by atoms with van der Waals surface area (Å²) in [7, 11) is 0. The molecule has 3 atom stereocenters. The van der Waals surface area contributed by atoms with E-state index in [2.05, 4.69) is 29.0 Å². The van der Waals surface area contributed by atoms with Crippen LogP contribution in [0.15, 0.2) is 0 Å². The molecule has 3 rings (SSSR count). The smallest absolute Gasteiger partial charge is 0.0224 e. The zero-order chi connectivity index (χ0) is 12.5. The predicted molar refractivity (Wildman–Crippen MR) is 75.8 cm³/mol. The Labute approximate surface area is 112 Å². The Kier molecular flexibility index (Phi) is 3.92. The van der Waals surface area contributed by atoms with E-state index in [1.165, 1.54) is 58.4 Å². The molecular formula is C15H29N3. The van der Waals surface area contributed by atoms with E-state index in [1.807, 2.05) is 0 Å². The minimum Gasteiger partial charge on any atom is -0.314 e. The molecule has 3 aliphatic rings. The lowest BCUT2D eigenvalue weighted by Crippen LogP contribution is -2.59. The standard InChI is InChI=1S/C15H29N3/c1-12(2)16-10-13-5-6-15(13)18-9-8-17-7-3-4-14(17)11-18/h12-16H,3-11H2,1-2H3. The molecule has 1 saturated carbocycles. The Hall–Kier alpha value is -0.120. The maximum absolute atomic E-state index is 3.63. The van der Waals surface area contributed by atoms with Crippen LogP contribution in [0.25, 0.3) is 0 Å². The van der Waals surface area contributed by atoms with E-state index in [9.17, 15) is 0 Å². The van der Waals surface area contributed by atoms with Crippen molar-refractivity contribution in [3.05, 3.63) is 0 Å². The minimum atomic E-state index is 0.637. The van der Waals surface area contributed by atoms with Crippen molar-refractivity contribution in [3.8, 4) is 0 Å². The van der Waals surface area contributed by atoms with E-state index in [4.69, 9.17) is 0 Å². The number of rotatable bonds is 4. The van der Waals surface area contributed by atoms with Crippen LogP contribution < -0.4 is 5.32 Å². The monoisotopic (exact) mass is 251 g/mol. The second-order valence-corrected chi connectivity index (χ2v) is 6.79. The molecule has 2 aliphatic heterocycles. The molecule has 0 spiro atoms. The highest BCUT2D eigenvalue weighted by molar-refractivity contribution is 4.95. The first kappa shape index (κ1) is 12.9. The van der Waals surface area contributed by atoms with Crippen molar-refractivity contribution >= 4 is 0 Å². The van der Waals surface area contributed by atoms with Gasteiger partial charge in [-0.3, -0.25) is 9.80 Å². The molecule has 2 saturated heterocycles. The average molecular weight is 251 g/mol. The molecule has 3 unspecified atom stereocenters. The fourth-order valence-electron chi connectivity index (χ4n) is 3.97. The maximum atomic E-state index is 3.63. The van der Waals surface area contributed by atoms with Gasteiger partial charge in [0.2, 0.25) is 0 Å². The van der Waals surface area contributed by atoms with Gasteiger partial charge in [0.1, 0.15) is 0 Å². The molecule has 0 radical (unpaired) electrons. The lowest BCUT2D eigenvalue weighted by atomic mass is 9.77. The number of hydrogen-bond acceptors (Lipinski definition) is 3. The second kappa shape index (κ2) is 5.48. The molecular weight excluding hydrogens is 222 g/mol. The normalized spacial score (nSPS) is 37.8. The minimum absolute atomic E-state index is 0.637. The summed E-state index contributed by atoms with van der Waals surface area (Å²) in [6.45, 7) is 11.1. The van der Waals surface area contributed by atoms with Gasteiger partial charge in [-0.15, -0.1) is 0 Å². The summed E-state index contributed by atoms with van der Waals surface area (Å²) >= 11 is 0. The average Bonchev–Trinajstić information content (AvgIpc) is 2.74. The topological polar surface area (TPSA) is 18.5 Å². The van der Waals surface area contributed by atoms with E-state index in [1.54, 1.807) is 0 Å². The lowest BCUT2D eigenvalue weighted by molar-refractivity contribution is 0.00599. The first-order valence-electron chi connectivity index (χ1n) is 7.95. The first-order chi connectivity index (χ1) is 8.74. The van der Waals surface area contributed by atoms with Gasteiger partial charge in [-0.1, -0.05) is 13.8 Å². The van der Waals surface area contributed by atoms with Crippen LogP contribution in [-0.2, 0) is 0 Å². The Morgan fingerprint density at radius 3 is 2.61 bits per heavy atom. The molecule has 2 heterocycles. The summed E-state index contributed by atoms with van der Waals surface area (Å²) in [4.78, 5) is 5.53. The Morgan fingerprint density at radius 1 is 1.06 bits per heavy atom. The largest absolute Gasteiger partial charge is 0.314 e. The fourth-order valence-corrected chi connectivity index (χ4v) is 3.97. The number of nitrogens with zero attached hydrogens (tertiary/aromatic N) is 2. The number of fused-ring (bicyclic) bond motifs is 1. The van der Waals surface area contributed by atoms with Gasteiger partial charge in [0.05, 0.1) is 0 Å². The zero-order valence-electron chi connectivity index (χ0n) is 12.1.